The highest BCUT2D eigenvalue weighted by Crippen LogP contribution is 2.21. The van der Waals surface area contributed by atoms with Crippen molar-refractivity contribution >= 4 is 5.91 Å². The molecule has 0 aliphatic heterocycles. The van der Waals surface area contributed by atoms with Crippen molar-refractivity contribution in [1.29, 1.82) is 0 Å². The topological polar surface area (TPSA) is 79.9 Å². The van der Waals surface area contributed by atoms with Gasteiger partial charge in [0.1, 0.15) is 0 Å². The monoisotopic (exact) mass is 330 g/mol. The van der Waals surface area contributed by atoms with Gasteiger partial charge in [-0.15, -0.1) is 0 Å². The van der Waals surface area contributed by atoms with E-state index in [4.69, 9.17) is 4.74 Å². The molecule has 0 saturated carbocycles. The first-order chi connectivity index (χ1) is 11.3. The SMILES string of the molecule is COc1nc(C)cc(C)c1CNC(=O)[C@@H](C)Cc1c(C)n[nH]c1C. The number of rotatable bonds is 6. The molecule has 0 bridgehead atoms. The second kappa shape index (κ2) is 7.47. The first-order valence-electron chi connectivity index (χ1n) is 8.12. The number of nitrogens with zero attached hydrogens (tertiary/aromatic N) is 2. The van der Waals surface area contributed by atoms with E-state index in [1.807, 2.05) is 40.7 Å². The van der Waals surface area contributed by atoms with E-state index in [-0.39, 0.29) is 11.8 Å². The Kier molecular flexibility index (Phi) is 5.59. The molecule has 0 unspecified atom stereocenters. The van der Waals surface area contributed by atoms with Gasteiger partial charge in [0, 0.05) is 29.4 Å². The van der Waals surface area contributed by atoms with Crippen LogP contribution in [0.15, 0.2) is 6.07 Å². The molecule has 1 atom stereocenters. The van der Waals surface area contributed by atoms with Crippen LogP contribution in [0.2, 0.25) is 0 Å². The second-order valence-electron chi connectivity index (χ2n) is 6.30. The van der Waals surface area contributed by atoms with Gasteiger partial charge < -0.3 is 10.1 Å². The van der Waals surface area contributed by atoms with Crippen LogP contribution in [0.5, 0.6) is 5.88 Å². The van der Waals surface area contributed by atoms with E-state index in [1.54, 1.807) is 7.11 Å². The third-order valence-electron chi connectivity index (χ3n) is 4.31. The van der Waals surface area contributed by atoms with Gasteiger partial charge in [0.2, 0.25) is 11.8 Å². The van der Waals surface area contributed by atoms with Crippen molar-refractivity contribution in [2.24, 2.45) is 5.92 Å². The lowest BCUT2D eigenvalue weighted by Crippen LogP contribution is -2.30. The van der Waals surface area contributed by atoms with E-state index in [0.717, 1.165) is 33.8 Å². The molecule has 2 N–H and O–H groups in total. The second-order valence-corrected chi connectivity index (χ2v) is 6.30. The van der Waals surface area contributed by atoms with Crippen LogP contribution in [-0.4, -0.2) is 28.2 Å². The van der Waals surface area contributed by atoms with Gasteiger partial charge in [-0.05, 0) is 51.3 Å². The Balaban J connectivity index is 2.03. The molecule has 0 saturated heterocycles. The molecular formula is C18H26N4O2. The largest absolute Gasteiger partial charge is 0.481 e. The van der Waals surface area contributed by atoms with E-state index in [2.05, 4.69) is 20.5 Å². The maximum absolute atomic E-state index is 12.4. The zero-order valence-corrected chi connectivity index (χ0v) is 15.3. The zero-order valence-electron chi connectivity index (χ0n) is 15.3. The highest BCUT2D eigenvalue weighted by atomic mass is 16.5. The Morgan fingerprint density at radius 3 is 2.58 bits per heavy atom. The highest BCUT2D eigenvalue weighted by molar-refractivity contribution is 5.78. The lowest BCUT2D eigenvalue weighted by molar-refractivity contribution is -0.124. The number of nitrogens with one attached hydrogen (secondary N) is 2. The number of pyridine rings is 1. The molecule has 0 radical (unpaired) electrons. The number of aromatic nitrogens is 3. The third kappa shape index (κ3) is 3.93. The van der Waals surface area contributed by atoms with Crippen LogP contribution >= 0.6 is 0 Å². The summed E-state index contributed by atoms with van der Waals surface area (Å²) in [4.78, 5) is 16.8. The molecule has 0 aliphatic rings. The number of carbonyl (C=O) groups excluding carboxylic acids is 1. The summed E-state index contributed by atoms with van der Waals surface area (Å²) >= 11 is 0. The lowest BCUT2D eigenvalue weighted by Gasteiger charge is -2.15. The van der Waals surface area contributed by atoms with E-state index in [9.17, 15) is 4.79 Å². The summed E-state index contributed by atoms with van der Waals surface area (Å²) in [5, 5.41) is 10.1. The van der Waals surface area contributed by atoms with Gasteiger partial charge in [0.15, 0.2) is 0 Å². The molecule has 2 aromatic heterocycles. The molecule has 24 heavy (non-hydrogen) atoms. The minimum atomic E-state index is -0.135. The summed E-state index contributed by atoms with van der Waals surface area (Å²) in [5.41, 5.74) is 5.97. The molecular weight excluding hydrogens is 304 g/mol. The zero-order chi connectivity index (χ0) is 17.9. The normalized spacial score (nSPS) is 12.1. The van der Waals surface area contributed by atoms with Gasteiger partial charge in [-0.3, -0.25) is 9.89 Å². The van der Waals surface area contributed by atoms with Gasteiger partial charge in [-0.1, -0.05) is 6.92 Å². The Bertz CT molecular complexity index is 717. The molecule has 2 rings (SSSR count). The van der Waals surface area contributed by atoms with Gasteiger partial charge in [-0.25, -0.2) is 4.98 Å². The number of ether oxygens (including phenoxy) is 1. The number of aromatic amines is 1. The maximum atomic E-state index is 12.4. The van der Waals surface area contributed by atoms with E-state index in [0.29, 0.717) is 18.8 Å². The first kappa shape index (κ1) is 18.0. The minimum absolute atomic E-state index is 0.0111. The molecule has 2 aromatic rings. The van der Waals surface area contributed by atoms with Crippen LogP contribution in [0, 0.1) is 33.6 Å². The number of hydrogen-bond donors (Lipinski definition) is 2. The number of carbonyl (C=O) groups is 1. The van der Waals surface area contributed by atoms with Crippen molar-refractivity contribution in [2.75, 3.05) is 7.11 Å². The van der Waals surface area contributed by atoms with Crippen molar-refractivity contribution in [1.82, 2.24) is 20.5 Å². The van der Waals surface area contributed by atoms with Crippen LogP contribution in [0.1, 0.15) is 40.7 Å². The smallest absolute Gasteiger partial charge is 0.223 e. The van der Waals surface area contributed by atoms with Crippen molar-refractivity contribution in [2.45, 2.75) is 47.6 Å². The predicted molar refractivity (Wildman–Crippen MR) is 93.0 cm³/mol. The number of methoxy groups -OCH3 is 1. The molecule has 6 heteroatoms. The van der Waals surface area contributed by atoms with Crippen LogP contribution in [-0.2, 0) is 17.8 Å². The van der Waals surface area contributed by atoms with Gasteiger partial charge >= 0.3 is 0 Å². The summed E-state index contributed by atoms with van der Waals surface area (Å²) < 4.78 is 5.34. The van der Waals surface area contributed by atoms with Gasteiger partial charge in [0.25, 0.3) is 0 Å². The van der Waals surface area contributed by atoms with Crippen molar-refractivity contribution in [3.63, 3.8) is 0 Å². The molecule has 0 aliphatic carbocycles. The Labute approximate surface area is 143 Å². The molecule has 0 spiro atoms. The fraction of sp³-hybridized carbons (Fsp3) is 0.500. The van der Waals surface area contributed by atoms with Crippen molar-refractivity contribution in [3.8, 4) is 5.88 Å². The first-order valence-corrected chi connectivity index (χ1v) is 8.12. The number of hydrogen-bond acceptors (Lipinski definition) is 4. The molecule has 0 fully saturated rings. The lowest BCUT2D eigenvalue weighted by atomic mass is 9.99. The third-order valence-corrected chi connectivity index (χ3v) is 4.31. The van der Waals surface area contributed by atoms with E-state index < -0.39 is 0 Å². The Morgan fingerprint density at radius 2 is 2.00 bits per heavy atom. The van der Waals surface area contributed by atoms with Crippen LogP contribution in [0.3, 0.4) is 0 Å². The Morgan fingerprint density at radius 1 is 1.29 bits per heavy atom. The number of amides is 1. The average Bonchev–Trinajstić information content (AvgIpc) is 2.84. The number of H-pyrrole nitrogens is 1. The Hall–Kier alpha value is -2.37. The summed E-state index contributed by atoms with van der Waals surface area (Å²) in [5.74, 6) is 0.448. The predicted octanol–water partition coefficient (Wildman–Crippen LogP) is 2.54. The molecule has 2 heterocycles. The minimum Gasteiger partial charge on any atom is -0.481 e. The quantitative estimate of drug-likeness (QED) is 0.853. The number of aryl methyl sites for hydroxylation is 4. The summed E-state index contributed by atoms with van der Waals surface area (Å²) in [6, 6.07) is 1.99. The van der Waals surface area contributed by atoms with Crippen LogP contribution in [0.25, 0.3) is 0 Å². The summed E-state index contributed by atoms with van der Waals surface area (Å²) in [6.45, 7) is 10.2. The van der Waals surface area contributed by atoms with Crippen molar-refractivity contribution in [3.05, 3.63) is 39.8 Å². The van der Waals surface area contributed by atoms with E-state index in [1.165, 1.54) is 0 Å². The molecule has 6 nitrogen and oxygen atoms in total. The van der Waals surface area contributed by atoms with Crippen LogP contribution < -0.4 is 10.1 Å². The summed E-state index contributed by atoms with van der Waals surface area (Å²) in [6.07, 6.45) is 0.669. The van der Waals surface area contributed by atoms with Gasteiger partial charge in [0.05, 0.1) is 12.8 Å². The maximum Gasteiger partial charge on any atom is 0.223 e. The van der Waals surface area contributed by atoms with Crippen molar-refractivity contribution < 1.29 is 9.53 Å². The van der Waals surface area contributed by atoms with Crippen LogP contribution in [0.4, 0.5) is 0 Å². The fourth-order valence-electron chi connectivity index (χ4n) is 2.84. The molecule has 1 amide bonds. The average molecular weight is 330 g/mol. The van der Waals surface area contributed by atoms with E-state index >= 15 is 0 Å². The fourth-order valence-corrected chi connectivity index (χ4v) is 2.84. The standard InChI is InChI=1S/C18H26N4O2/c1-10-7-12(3)20-18(24-6)16(10)9-19-17(23)11(2)8-15-13(4)21-22-14(15)5/h7,11H,8-9H2,1-6H3,(H,19,23)(H,21,22)/t11-/m0/s1. The molecule has 130 valence electrons. The molecule has 0 aromatic carbocycles. The summed E-state index contributed by atoms with van der Waals surface area (Å²) in [7, 11) is 1.60. The van der Waals surface area contributed by atoms with Gasteiger partial charge in [-0.2, -0.15) is 5.10 Å². The highest BCUT2D eigenvalue weighted by Gasteiger charge is 2.18.